The van der Waals surface area contributed by atoms with Gasteiger partial charge in [0.2, 0.25) is 5.62 Å². The summed E-state index contributed by atoms with van der Waals surface area (Å²) in [5.41, 5.74) is -2.69. The predicted octanol–water partition coefficient (Wildman–Crippen LogP) is 5.36. The number of aromatic nitrogens is 2. The molecule has 0 saturated heterocycles. The number of alkyl halides is 3. The van der Waals surface area contributed by atoms with Crippen LogP contribution in [0.15, 0.2) is 65.9 Å². The number of carboxylic acid groups (broad SMARTS) is 1. The molecule has 14 heteroatoms. The molecule has 2 amide bonds. The first kappa shape index (κ1) is 30.8. The molecule has 3 aromatic carbocycles. The first-order valence-corrected chi connectivity index (χ1v) is 12.5. The maximum atomic E-state index is 15.9. The van der Waals surface area contributed by atoms with Crippen molar-refractivity contribution in [2.75, 3.05) is 14.2 Å². The number of carbonyl (C=O) groups is 2. The van der Waals surface area contributed by atoms with Crippen LogP contribution in [-0.4, -0.2) is 40.5 Å². The second kappa shape index (κ2) is 12.4. The van der Waals surface area contributed by atoms with Crippen molar-refractivity contribution in [1.82, 2.24) is 14.5 Å². The summed E-state index contributed by atoms with van der Waals surface area (Å²) in [6.45, 7) is -0.318. The van der Waals surface area contributed by atoms with Gasteiger partial charge in [0.15, 0.2) is 0 Å². The van der Waals surface area contributed by atoms with Gasteiger partial charge < -0.3 is 29.0 Å². The van der Waals surface area contributed by atoms with Crippen LogP contribution in [0, 0.1) is 11.6 Å². The molecule has 0 radical (unpaired) electrons. The van der Waals surface area contributed by atoms with Crippen LogP contribution in [0.2, 0.25) is 0 Å². The second-order valence-corrected chi connectivity index (χ2v) is 9.33. The van der Waals surface area contributed by atoms with Gasteiger partial charge >= 0.3 is 12.3 Å². The first-order chi connectivity index (χ1) is 20.3. The molecule has 0 fully saturated rings. The van der Waals surface area contributed by atoms with Crippen LogP contribution in [0.1, 0.15) is 27.0 Å². The number of methoxy groups -OCH3 is 2. The summed E-state index contributed by atoms with van der Waals surface area (Å²) in [4.78, 5) is 28.0. The zero-order valence-electron chi connectivity index (χ0n) is 23.0. The predicted molar refractivity (Wildman–Crippen MR) is 144 cm³/mol. The van der Waals surface area contributed by atoms with Gasteiger partial charge in [-0.15, -0.1) is 4.99 Å². The van der Waals surface area contributed by atoms with Crippen molar-refractivity contribution >= 4 is 12.0 Å². The lowest BCUT2D eigenvalue weighted by molar-refractivity contribution is -0.137. The van der Waals surface area contributed by atoms with Gasteiger partial charge in [0.1, 0.15) is 23.1 Å². The lowest BCUT2D eigenvalue weighted by atomic mass is 9.94. The molecule has 0 bridgehead atoms. The third-order valence-corrected chi connectivity index (χ3v) is 6.41. The topological polar surface area (TPSA) is 107 Å². The molecule has 0 saturated carbocycles. The first-order valence-electron chi connectivity index (χ1n) is 12.5. The number of amides is 2. The van der Waals surface area contributed by atoms with Crippen LogP contribution >= 0.6 is 0 Å². The standard InChI is InChI=1S/C29H25F5N4O5/c1-37-6-7-38(27(37)36-28(40)41)15-17-10-22(21-5-4-18(30)12-24(21)29(32,33)34)25(31)23(11-17)26(39)35-14-16-8-19(42-2)13-20(9-16)43-3/h4-13H,14-15H2,1-3H3,(H,35,39)(H,40,41)/b36-27-. The minimum absolute atomic E-state index is 0.0332. The van der Waals surface area contributed by atoms with Crippen LogP contribution in [-0.2, 0) is 26.3 Å². The van der Waals surface area contributed by atoms with Crippen molar-refractivity contribution < 1.29 is 46.1 Å². The van der Waals surface area contributed by atoms with E-state index in [9.17, 15) is 27.2 Å². The van der Waals surface area contributed by atoms with Crippen LogP contribution in [0.4, 0.5) is 26.7 Å². The normalized spacial score (nSPS) is 11.9. The number of rotatable bonds is 8. The summed E-state index contributed by atoms with van der Waals surface area (Å²) >= 11 is 0. The van der Waals surface area contributed by atoms with Gasteiger partial charge in [0.25, 0.3) is 5.91 Å². The molecule has 2 N–H and O–H groups in total. The summed E-state index contributed by atoms with van der Waals surface area (Å²) < 4.78 is 84.6. The minimum atomic E-state index is -5.05. The Labute approximate surface area is 241 Å². The Hall–Kier alpha value is -5.14. The summed E-state index contributed by atoms with van der Waals surface area (Å²) in [6, 6.07) is 8.83. The van der Waals surface area contributed by atoms with Crippen molar-refractivity contribution in [3.63, 3.8) is 0 Å². The zero-order valence-corrected chi connectivity index (χ0v) is 23.0. The lowest BCUT2D eigenvalue weighted by Gasteiger charge is -2.17. The smallest absolute Gasteiger partial charge is 0.434 e. The molecule has 9 nitrogen and oxygen atoms in total. The van der Waals surface area contributed by atoms with Crippen molar-refractivity contribution in [1.29, 1.82) is 0 Å². The van der Waals surface area contributed by atoms with Crippen molar-refractivity contribution in [3.8, 4) is 22.6 Å². The average molecular weight is 605 g/mol. The molecule has 0 aliphatic rings. The van der Waals surface area contributed by atoms with Gasteiger partial charge in [-0.2, -0.15) is 13.2 Å². The molecule has 0 aliphatic carbocycles. The molecule has 1 heterocycles. The third-order valence-electron chi connectivity index (χ3n) is 6.41. The van der Waals surface area contributed by atoms with E-state index in [1.54, 1.807) is 18.2 Å². The maximum Gasteiger partial charge on any atom is 0.434 e. The highest BCUT2D eigenvalue weighted by molar-refractivity contribution is 5.96. The van der Waals surface area contributed by atoms with E-state index >= 15 is 4.39 Å². The minimum Gasteiger partial charge on any atom is -0.497 e. The number of hydrogen-bond donors (Lipinski definition) is 2. The third kappa shape index (κ3) is 7.02. The van der Waals surface area contributed by atoms with E-state index in [2.05, 4.69) is 10.3 Å². The van der Waals surface area contributed by atoms with Crippen molar-refractivity contribution in [2.24, 2.45) is 12.0 Å². The number of nitrogens with one attached hydrogen (secondary N) is 1. The number of aryl methyl sites for hydroxylation is 1. The fourth-order valence-electron chi connectivity index (χ4n) is 4.43. The van der Waals surface area contributed by atoms with E-state index < -0.39 is 52.1 Å². The summed E-state index contributed by atoms with van der Waals surface area (Å²) in [5, 5.41) is 11.7. The van der Waals surface area contributed by atoms with E-state index in [0.717, 1.165) is 24.3 Å². The van der Waals surface area contributed by atoms with Gasteiger partial charge in [-0.1, -0.05) is 6.07 Å². The summed E-state index contributed by atoms with van der Waals surface area (Å²) in [5.74, 6) is -2.55. The number of nitrogens with zero attached hydrogens (tertiary/aromatic N) is 3. The fourth-order valence-corrected chi connectivity index (χ4v) is 4.43. The van der Waals surface area contributed by atoms with Crippen LogP contribution in [0.5, 0.6) is 11.5 Å². The van der Waals surface area contributed by atoms with Gasteiger partial charge in [-0.25, -0.2) is 13.6 Å². The van der Waals surface area contributed by atoms with E-state index in [1.807, 2.05) is 0 Å². The van der Waals surface area contributed by atoms with Crippen molar-refractivity contribution in [3.05, 3.63) is 100 Å². The second-order valence-electron chi connectivity index (χ2n) is 9.33. The molecular formula is C29H25F5N4O5. The monoisotopic (exact) mass is 604 g/mol. The zero-order chi connectivity index (χ0) is 31.5. The fraction of sp³-hybridized carbons (Fsp3) is 0.207. The highest BCUT2D eigenvalue weighted by atomic mass is 19.4. The van der Waals surface area contributed by atoms with E-state index in [4.69, 9.17) is 14.6 Å². The Bertz CT molecular complexity index is 1740. The maximum absolute atomic E-state index is 15.9. The van der Waals surface area contributed by atoms with Gasteiger partial charge in [0, 0.05) is 37.6 Å². The van der Waals surface area contributed by atoms with Crippen LogP contribution in [0.25, 0.3) is 11.1 Å². The van der Waals surface area contributed by atoms with Crippen molar-refractivity contribution in [2.45, 2.75) is 19.3 Å². The van der Waals surface area contributed by atoms with Gasteiger partial charge in [-0.3, -0.25) is 4.79 Å². The SMILES string of the molecule is COc1cc(CNC(=O)c2cc(Cn3ccn(C)/c3=N/C(=O)O)cc(-c3ccc(F)cc3C(F)(F)F)c2F)cc(OC)c1. The average Bonchev–Trinajstić information content (AvgIpc) is 3.29. The number of ether oxygens (including phenoxy) is 2. The molecule has 4 aromatic rings. The quantitative estimate of drug-likeness (QED) is 0.263. The Morgan fingerprint density at radius 2 is 1.60 bits per heavy atom. The Morgan fingerprint density at radius 1 is 0.930 bits per heavy atom. The van der Waals surface area contributed by atoms with E-state index in [-0.39, 0.29) is 30.3 Å². The Balaban J connectivity index is 1.83. The highest BCUT2D eigenvalue weighted by Gasteiger charge is 2.35. The van der Waals surface area contributed by atoms with E-state index in [1.165, 1.54) is 42.8 Å². The number of halogens is 5. The van der Waals surface area contributed by atoms with Gasteiger partial charge in [-0.05, 0) is 53.1 Å². The Kier molecular flexibility index (Phi) is 8.88. The van der Waals surface area contributed by atoms with Crippen LogP contribution < -0.4 is 20.4 Å². The lowest BCUT2D eigenvalue weighted by Crippen LogP contribution is -2.27. The highest BCUT2D eigenvalue weighted by Crippen LogP contribution is 2.39. The van der Waals surface area contributed by atoms with Gasteiger partial charge in [0.05, 0.1) is 31.9 Å². The molecule has 43 heavy (non-hydrogen) atoms. The molecule has 0 spiro atoms. The number of hydrogen-bond acceptors (Lipinski definition) is 4. The molecule has 226 valence electrons. The molecule has 1 aromatic heterocycles. The molecule has 4 rings (SSSR count). The molecule has 0 atom stereocenters. The molecular weight excluding hydrogens is 579 g/mol. The largest absolute Gasteiger partial charge is 0.497 e. The van der Waals surface area contributed by atoms with E-state index in [0.29, 0.717) is 17.1 Å². The summed E-state index contributed by atoms with van der Waals surface area (Å²) in [6.07, 6.45) is -3.59. The summed E-state index contributed by atoms with van der Waals surface area (Å²) in [7, 11) is 4.39. The van der Waals surface area contributed by atoms with Crippen LogP contribution in [0.3, 0.4) is 0 Å². The number of benzene rings is 3. The Morgan fingerprint density at radius 3 is 2.21 bits per heavy atom. The number of carbonyl (C=O) groups excluding carboxylic acids is 1. The molecule has 0 aliphatic heterocycles. The molecule has 0 unspecified atom stereocenters. The number of imidazole rings is 1.